The first-order chi connectivity index (χ1) is 17.0. The molecule has 5 fully saturated rings. The summed E-state index contributed by atoms with van der Waals surface area (Å²) in [6.07, 6.45) is 14.9. The number of quaternary nitrogens is 1. The first-order valence-corrected chi connectivity index (χ1v) is 15.1. The van der Waals surface area contributed by atoms with Crippen molar-refractivity contribution in [2.75, 3.05) is 18.5 Å². The minimum atomic E-state index is -0.275. The normalized spacial score (nSPS) is 44.2. The molecular weight excluding hydrogens is 432 g/mol. The number of likely N-dealkylation sites (N-methyl/N-ethyl adjacent to an activating group) is 1. The van der Waals surface area contributed by atoms with E-state index >= 15 is 0 Å². The molecule has 1 aromatic rings. The predicted octanol–water partition coefficient (Wildman–Crippen LogP) is 5.60. The number of hydrogen-bond donors (Lipinski definition) is 2. The third kappa shape index (κ3) is 3.09. The van der Waals surface area contributed by atoms with E-state index in [-0.39, 0.29) is 17.7 Å². The van der Waals surface area contributed by atoms with Crippen LogP contribution in [0.2, 0.25) is 0 Å². The Morgan fingerprint density at radius 2 is 1.63 bits per heavy atom. The number of anilines is 1. The lowest BCUT2D eigenvalue weighted by Gasteiger charge is -2.68. The number of benzene rings is 1. The van der Waals surface area contributed by atoms with Gasteiger partial charge in [0, 0.05) is 37.4 Å². The molecule has 0 amide bonds. The second kappa shape index (κ2) is 9.03. The van der Waals surface area contributed by atoms with Gasteiger partial charge in [-0.1, -0.05) is 77.0 Å². The predicted molar refractivity (Wildman–Crippen MR) is 142 cm³/mol. The number of piperidine rings is 4. The van der Waals surface area contributed by atoms with Crippen molar-refractivity contribution < 1.29 is 14.7 Å². The number of aliphatic hydroxyl groups excluding tert-OH is 2. The summed E-state index contributed by atoms with van der Waals surface area (Å²) in [4.78, 5) is 2.52. The number of aliphatic hydroxyl groups is 2. The number of nitrogens with zero attached hydrogens (tertiary/aromatic N) is 2. The Balaban J connectivity index is 1.26. The maximum atomic E-state index is 12.2. The molecule has 1 saturated carbocycles. The smallest absolute Gasteiger partial charge is 0.194 e. The summed E-state index contributed by atoms with van der Waals surface area (Å²) in [6, 6.07) is 10.1. The Bertz CT molecular complexity index is 921. The van der Waals surface area contributed by atoms with Gasteiger partial charge in [0.05, 0.1) is 30.1 Å². The standard InChI is InChI=1S/C31H49N2O2/c1-4-6-7-8-9-10-11-12-15-18-33-25-19-22(21(5-2)30(33)35)27-26(33)20-31(29(27)34)23-16-13-14-17-24(23)32(3)28(25)31/h13-14,16-17,21-22,25-30,34-35H,4-12,15,18-20H2,1-3H3/q+1/t21-,22+,25-,26-,27-,28-,29-,30+,31+,33-/m0/s1. The fourth-order valence-electron chi connectivity index (χ4n) is 10.5. The van der Waals surface area contributed by atoms with Crippen molar-refractivity contribution in [3.05, 3.63) is 29.8 Å². The van der Waals surface area contributed by atoms with E-state index in [1.807, 2.05) is 0 Å². The summed E-state index contributed by atoms with van der Waals surface area (Å²) in [5.74, 6) is 1.17. The van der Waals surface area contributed by atoms with Crippen molar-refractivity contribution in [1.82, 2.24) is 0 Å². The molecule has 4 nitrogen and oxygen atoms in total. The minimum Gasteiger partial charge on any atom is -0.392 e. The number of fused-ring (bicyclic) bond motifs is 2. The number of hydrogen-bond acceptors (Lipinski definition) is 3. The van der Waals surface area contributed by atoms with Crippen LogP contribution >= 0.6 is 0 Å². The van der Waals surface area contributed by atoms with Crippen LogP contribution in [-0.4, -0.2) is 58.7 Å². The van der Waals surface area contributed by atoms with Crippen LogP contribution < -0.4 is 4.90 Å². The Labute approximate surface area is 213 Å². The molecule has 35 heavy (non-hydrogen) atoms. The topological polar surface area (TPSA) is 43.7 Å². The fourth-order valence-corrected chi connectivity index (χ4v) is 10.5. The monoisotopic (exact) mass is 481 g/mol. The molecule has 10 atom stereocenters. The van der Waals surface area contributed by atoms with Crippen LogP contribution in [0, 0.1) is 17.8 Å². The maximum absolute atomic E-state index is 12.2. The van der Waals surface area contributed by atoms with Crippen molar-refractivity contribution in [2.45, 2.75) is 127 Å². The van der Waals surface area contributed by atoms with Crippen LogP contribution in [0.4, 0.5) is 5.69 Å². The van der Waals surface area contributed by atoms with E-state index in [1.165, 1.54) is 75.5 Å². The highest BCUT2D eigenvalue weighted by Crippen LogP contribution is 2.71. The van der Waals surface area contributed by atoms with Crippen LogP contribution in [0.15, 0.2) is 24.3 Å². The van der Waals surface area contributed by atoms with Crippen molar-refractivity contribution in [2.24, 2.45) is 17.8 Å². The Morgan fingerprint density at radius 1 is 0.943 bits per heavy atom. The average Bonchev–Trinajstić information content (AvgIpc) is 3.26. The molecule has 2 N–H and O–H groups in total. The molecule has 5 heterocycles. The molecule has 1 aliphatic carbocycles. The Morgan fingerprint density at radius 3 is 2.34 bits per heavy atom. The zero-order chi connectivity index (χ0) is 24.4. The van der Waals surface area contributed by atoms with Gasteiger partial charge in [0.1, 0.15) is 6.04 Å². The molecule has 4 saturated heterocycles. The van der Waals surface area contributed by atoms with Crippen LogP contribution in [-0.2, 0) is 5.41 Å². The van der Waals surface area contributed by atoms with Gasteiger partial charge in [-0.05, 0) is 36.8 Å². The van der Waals surface area contributed by atoms with Gasteiger partial charge >= 0.3 is 0 Å². The van der Waals surface area contributed by atoms with Crippen LogP contribution in [0.5, 0.6) is 0 Å². The molecule has 194 valence electrons. The van der Waals surface area contributed by atoms with Gasteiger partial charge in [-0.3, -0.25) is 4.48 Å². The quantitative estimate of drug-likeness (QED) is 0.319. The van der Waals surface area contributed by atoms with E-state index in [2.05, 4.69) is 50.1 Å². The molecule has 1 spiro atoms. The molecule has 7 rings (SSSR count). The van der Waals surface area contributed by atoms with E-state index in [4.69, 9.17) is 0 Å². The van der Waals surface area contributed by atoms with Gasteiger partial charge in [-0.25, -0.2) is 0 Å². The number of rotatable bonds is 11. The third-order valence-electron chi connectivity index (χ3n) is 11.8. The lowest BCUT2D eigenvalue weighted by Crippen LogP contribution is -2.83. The van der Waals surface area contributed by atoms with Gasteiger partial charge in [0.2, 0.25) is 0 Å². The molecule has 1 aromatic carbocycles. The van der Waals surface area contributed by atoms with Gasteiger partial charge in [-0.2, -0.15) is 0 Å². The van der Waals surface area contributed by atoms with E-state index in [9.17, 15) is 10.2 Å². The lowest BCUT2D eigenvalue weighted by atomic mass is 9.60. The lowest BCUT2D eigenvalue weighted by molar-refractivity contribution is -1.04. The molecule has 6 aliphatic rings. The zero-order valence-electron chi connectivity index (χ0n) is 22.4. The number of para-hydroxylation sites is 1. The van der Waals surface area contributed by atoms with Crippen molar-refractivity contribution in [3.8, 4) is 0 Å². The number of unbranched alkanes of at least 4 members (excludes halogenated alkanes) is 8. The highest BCUT2D eigenvalue weighted by atomic mass is 16.3. The van der Waals surface area contributed by atoms with E-state index in [1.54, 1.807) is 0 Å². The van der Waals surface area contributed by atoms with Crippen LogP contribution in [0.1, 0.15) is 96.5 Å². The molecule has 5 aliphatic heterocycles. The average molecular weight is 482 g/mol. The zero-order valence-corrected chi connectivity index (χ0v) is 22.4. The fraction of sp³-hybridized carbons (Fsp3) is 0.806. The molecule has 4 heteroatoms. The Kier molecular flexibility index (Phi) is 6.25. The molecule has 0 aromatic heterocycles. The molecular formula is C31H49N2O2+. The maximum Gasteiger partial charge on any atom is 0.194 e. The third-order valence-corrected chi connectivity index (χ3v) is 11.8. The van der Waals surface area contributed by atoms with Crippen LogP contribution in [0.3, 0.4) is 0 Å². The van der Waals surface area contributed by atoms with Crippen molar-refractivity contribution >= 4 is 5.69 Å². The summed E-state index contributed by atoms with van der Waals surface area (Å²) in [5.41, 5.74) is 2.58. The van der Waals surface area contributed by atoms with Gasteiger partial charge in [0.15, 0.2) is 6.23 Å². The summed E-state index contributed by atoms with van der Waals surface area (Å²) >= 11 is 0. The van der Waals surface area contributed by atoms with E-state index in [0.29, 0.717) is 35.9 Å². The second-order valence-electron chi connectivity index (χ2n) is 12.9. The summed E-state index contributed by atoms with van der Waals surface area (Å²) in [7, 11) is 2.27. The minimum absolute atomic E-state index is 0.136. The summed E-state index contributed by atoms with van der Waals surface area (Å²) in [5, 5.41) is 24.2. The molecule has 0 unspecified atom stereocenters. The van der Waals surface area contributed by atoms with Crippen LogP contribution in [0.25, 0.3) is 0 Å². The summed E-state index contributed by atoms with van der Waals surface area (Å²) < 4.78 is 0.901. The largest absolute Gasteiger partial charge is 0.392 e. The summed E-state index contributed by atoms with van der Waals surface area (Å²) in [6.45, 7) is 5.66. The second-order valence-corrected chi connectivity index (χ2v) is 12.9. The van der Waals surface area contributed by atoms with Gasteiger partial charge < -0.3 is 15.1 Å². The van der Waals surface area contributed by atoms with Gasteiger partial charge in [0.25, 0.3) is 0 Å². The van der Waals surface area contributed by atoms with Gasteiger partial charge in [-0.15, -0.1) is 0 Å². The highest BCUT2D eigenvalue weighted by Gasteiger charge is 2.82. The van der Waals surface area contributed by atoms with E-state index in [0.717, 1.165) is 23.9 Å². The Hall–Kier alpha value is -1.10. The van der Waals surface area contributed by atoms with Crippen molar-refractivity contribution in [3.63, 3.8) is 0 Å². The SMILES string of the molecule is CCCCCCCCCCC[N@+]12[C@H](O)[C@@H](CC)[C@H]3C[C@H]1[C@@H]1N(C)c4ccccc4[C@]14C[C@H]2[C@H]3[C@@H]4O. The molecule has 0 radical (unpaired) electrons. The van der Waals surface area contributed by atoms with Crippen molar-refractivity contribution in [1.29, 1.82) is 0 Å². The first kappa shape index (κ1) is 24.2. The molecule has 5 bridgehead atoms. The van der Waals surface area contributed by atoms with E-state index < -0.39 is 0 Å². The first-order valence-electron chi connectivity index (χ1n) is 15.1. The highest BCUT2D eigenvalue weighted by molar-refractivity contribution is 5.66.